The van der Waals surface area contributed by atoms with Crippen LogP contribution in [0.2, 0.25) is 0 Å². The summed E-state index contributed by atoms with van der Waals surface area (Å²) in [6, 6.07) is 0.453. The summed E-state index contributed by atoms with van der Waals surface area (Å²) in [6.07, 6.45) is 1.84. The number of carbonyl (C=O) groups excluding carboxylic acids is 1. The minimum absolute atomic E-state index is 0.0390. The van der Waals surface area contributed by atoms with Crippen molar-refractivity contribution < 1.29 is 4.79 Å². The van der Waals surface area contributed by atoms with Crippen molar-refractivity contribution in [2.45, 2.75) is 38.8 Å². The van der Waals surface area contributed by atoms with Crippen LogP contribution in [0.1, 0.15) is 26.7 Å². The highest BCUT2D eigenvalue weighted by Gasteiger charge is 2.31. The van der Waals surface area contributed by atoms with Gasteiger partial charge in [0.2, 0.25) is 5.91 Å². The van der Waals surface area contributed by atoms with E-state index in [1.54, 1.807) is 0 Å². The Bertz CT molecular complexity index is 269. The molecule has 1 aliphatic heterocycles. The molecular weight excluding hydrogens is 210 g/mol. The zero-order chi connectivity index (χ0) is 11.6. The highest BCUT2D eigenvalue weighted by atomic mass is 32.1. The van der Waals surface area contributed by atoms with Crippen LogP contribution in [0, 0.1) is 5.92 Å². The summed E-state index contributed by atoms with van der Waals surface area (Å²) in [5.74, 6) is -0.278. The van der Waals surface area contributed by atoms with E-state index in [-0.39, 0.29) is 17.9 Å². The Balaban J connectivity index is 2.69. The van der Waals surface area contributed by atoms with E-state index in [4.69, 9.17) is 23.7 Å². The third-order valence-corrected chi connectivity index (χ3v) is 3.58. The molecule has 0 bridgehead atoms. The number of rotatable bonds is 3. The van der Waals surface area contributed by atoms with E-state index >= 15 is 0 Å². The molecule has 4 nitrogen and oxygen atoms in total. The Hall–Kier alpha value is -0.680. The number of nitrogens with zero attached hydrogens (tertiary/aromatic N) is 1. The zero-order valence-electron chi connectivity index (χ0n) is 9.27. The molecule has 1 amide bonds. The smallest absolute Gasteiger partial charge is 0.221 e. The third-order valence-electron chi connectivity index (χ3n) is 3.24. The number of piperidine rings is 1. The van der Waals surface area contributed by atoms with E-state index in [9.17, 15) is 4.79 Å². The molecule has 3 atom stereocenters. The largest absolute Gasteiger partial charge is 0.392 e. The second-order valence-corrected chi connectivity index (χ2v) is 4.77. The Morgan fingerprint density at radius 1 is 1.47 bits per heavy atom. The van der Waals surface area contributed by atoms with Crippen LogP contribution in [-0.4, -0.2) is 34.4 Å². The molecule has 1 aliphatic rings. The Morgan fingerprint density at radius 3 is 2.53 bits per heavy atom. The fourth-order valence-electron chi connectivity index (χ4n) is 2.07. The molecule has 15 heavy (non-hydrogen) atoms. The van der Waals surface area contributed by atoms with Gasteiger partial charge in [0.1, 0.15) is 0 Å². The maximum absolute atomic E-state index is 11.1. The summed E-state index contributed by atoms with van der Waals surface area (Å²) in [7, 11) is 0. The zero-order valence-corrected chi connectivity index (χ0v) is 10.1. The lowest BCUT2D eigenvalue weighted by Gasteiger charge is -2.40. The molecule has 0 radical (unpaired) electrons. The average Bonchev–Trinajstić information content (AvgIpc) is 2.16. The second-order valence-electron chi connectivity index (χ2n) is 4.30. The van der Waals surface area contributed by atoms with Gasteiger partial charge in [-0.25, -0.2) is 0 Å². The summed E-state index contributed by atoms with van der Waals surface area (Å²) in [5.41, 5.74) is 10.9. The van der Waals surface area contributed by atoms with Crippen molar-refractivity contribution in [2.75, 3.05) is 6.54 Å². The highest BCUT2D eigenvalue weighted by molar-refractivity contribution is 7.80. The number of hydrogen-bond donors (Lipinski definition) is 2. The molecule has 0 saturated carbocycles. The van der Waals surface area contributed by atoms with Crippen LogP contribution >= 0.6 is 12.2 Å². The van der Waals surface area contributed by atoms with Crippen molar-refractivity contribution in [1.29, 1.82) is 0 Å². The van der Waals surface area contributed by atoms with E-state index in [0.717, 1.165) is 12.8 Å². The third kappa shape index (κ3) is 2.89. The molecule has 0 aromatic heterocycles. The van der Waals surface area contributed by atoms with Crippen molar-refractivity contribution in [3.05, 3.63) is 0 Å². The molecule has 5 heteroatoms. The van der Waals surface area contributed by atoms with Crippen LogP contribution in [0.3, 0.4) is 0 Å². The predicted molar refractivity (Wildman–Crippen MR) is 64.3 cm³/mol. The molecule has 4 N–H and O–H groups in total. The summed E-state index contributed by atoms with van der Waals surface area (Å²) in [6.45, 7) is 4.78. The number of carbonyl (C=O) groups is 1. The van der Waals surface area contributed by atoms with Gasteiger partial charge in [-0.1, -0.05) is 12.2 Å². The van der Waals surface area contributed by atoms with E-state index in [0.29, 0.717) is 17.6 Å². The Kier molecular flexibility index (Phi) is 4.04. The molecule has 3 unspecified atom stereocenters. The van der Waals surface area contributed by atoms with E-state index in [2.05, 4.69) is 11.8 Å². The monoisotopic (exact) mass is 229 g/mol. The van der Waals surface area contributed by atoms with Crippen LogP contribution in [0.25, 0.3) is 0 Å². The number of thiocarbonyl (C=S) groups is 1. The summed E-state index contributed by atoms with van der Waals surface area (Å²) in [5, 5.41) is 0. The normalized spacial score (nSPS) is 29.7. The molecule has 0 spiro atoms. The van der Waals surface area contributed by atoms with Crippen LogP contribution in [0.15, 0.2) is 0 Å². The number of amides is 1. The maximum atomic E-state index is 11.1. The first kappa shape index (κ1) is 12.4. The first-order valence-corrected chi connectivity index (χ1v) is 5.68. The first-order chi connectivity index (χ1) is 6.93. The van der Waals surface area contributed by atoms with Crippen LogP contribution in [-0.2, 0) is 4.79 Å². The predicted octanol–water partition coefficient (Wildman–Crippen LogP) is 0.247. The van der Waals surface area contributed by atoms with E-state index < -0.39 is 0 Å². The molecule has 0 aromatic rings. The van der Waals surface area contributed by atoms with Gasteiger partial charge in [0.15, 0.2) is 0 Å². The molecule has 1 saturated heterocycles. The van der Waals surface area contributed by atoms with Crippen molar-refractivity contribution in [3.63, 3.8) is 0 Å². The van der Waals surface area contributed by atoms with Crippen LogP contribution in [0.4, 0.5) is 0 Å². The standard InChI is InChI=1S/C10H19N3OS/c1-6-3-4-8(9(11)14)5-13(6)7(2)10(12)15/h6-8H,3-5H2,1-2H3,(H2,11,14)(H2,12,15). The molecule has 1 fully saturated rings. The molecule has 0 aliphatic carbocycles. The van der Waals surface area contributed by atoms with Crippen molar-refractivity contribution >= 4 is 23.1 Å². The molecule has 0 aromatic carbocycles. The van der Waals surface area contributed by atoms with Gasteiger partial charge in [0.05, 0.1) is 16.9 Å². The minimum atomic E-state index is -0.220. The van der Waals surface area contributed by atoms with Gasteiger partial charge in [-0.15, -0.1) is 0 Å². The lowest BCUT2D eigenvalue weighted by Crippen LogP contribution is -2.53. The lowest BCUT2D eigenvalue weighted by atomic mass is 9.92. The van der Waals surface area contributed by atoms with Gasteiger partial charge in [-0.3, -0.25) is 9.69 Å². The minimum Gasteiger partial charge on any atom is -0.392 e. The first-order valence-electron chi connectivity index (χ1n) is 5.28. The van der Waals surface area contributed by atoms with Gasteiger partial charge in [0.25, 0.3) is 0 Å². The number of likely N-dealkylation sites (tertiary alicyclic amines) is 1. The average molecular weight is 229 g/mol. The van der Waals surface area contributed by atoms with Crippen molar-refractivity contribution in [1.82, 2.24) is 4.90 Å². The van der Waals surface area contributed by atoms with Crippen LogP contribution in [0.5, 0.6) is 0 Å². The molecule has 1 heterocycles. The van der Waals surface area contributed by atoms with Crippen LogP contribution < -0.4 is 11.5 Å². The number of nitrogens with two attached hydrogens (primary N) is 2. The Morgan fingerprint density at radius 2 is 2.07 bits per heavy atom. The summed E-state index contributed by atoms with van der Waals surface area (Å²) >= 11 is 4.98. The molecule has 1 rings (SSSR count). The Labute approximate surface area is 96.0 Å². The maximum Gasteiger partial charge on any atom is 0.221 e. The van der Waals surface area contributed by atoms with E-state index in [1.165, 1.54) is 0 Å². The SMILES string of the molecule is CC1CCC(C(N)=O)CN1C(C)C(N)=S. The summed E-state index contributed by atoms with van der Waals surface area (Å²) in [4.78, 5) is 13.8. The fourth-order valence-corrected chi connectivity index (χ4v) is 2.20. The highest BCUT2D eigenvalue weighted by Crippen LogP contribution is 2.23. The van der Waals surface area contributed by atoms with Gasteiger partial charge in [-0.2, -0.15) is 0 Å². The van der Waals surface area contributed by atoms with Crippen molar-refractivity contribution in [2.24, 2.45) is 17.4 Å². The molecular formula is C10H19N3OS. The van der Waals surface area contributed by atoms with Gasteiger partial charge in [-0.05, 0) is 26.7 Å². The quantitative estimate of drug-likeness (QED) is 0.680. The topological polar surface area (TPSA) is 72.4 Å². The molecule has 86 valence electrons. The fraction of sp³-hybridized carbons (Fsp3) is 0.800. The number of primary amides is 1. The van der Waals surface area contributed by atoms with Gasteiger partial charge in [0, 0.05) is 12.6 Å². The second kappa shape index (κ2) is 4.90. The number of hydrogen-bond acceptors (Lipinski definition) is 3. The van der Waals surface area contributed by atoms with Crippen molar-refractivity contribution in [3.8, 4) is 0 Å². The summed E-state index contributed by atoms with van der Waals surface area (Å²) < 4.78 is 0. The van der Waals surface area contributed by atoms with Gasteiger partial charge < -0.3 is 11.5 Å². The lowest BCUT2D eigenvalue weighted by molar-refractivity contribution is -0.124. The van der Waals surface area contributed by atoms with Gasteiger partial charge >= 0.3 is 0 Å². The van der Waals surface area contributed by atoms with E-state index in [1.807, 2.05) is 6.92 Å².